The number of hydrogen-bond donors (Lipinski definition) is 1. The van der Waals surface area contributed by atoms with E-state index < -0.39 is 0 Å². The number of aromatic nitrogens is 1. The Bertz CT molecular complexity index is 386. The average Bonchev–Trinajstić information content (AvgIpc) is 2.22. The minimum Gasteiger partial charge on any atom is -0.371 e. The predicted molar refractivity (Wildman–Crippen MR) is 71.8 cm³/mol. The first-order chi connectivity index (χ1) is 7.97. The summed E-state index contributed by atoms with van der Waals surface area (Å²) in [6, 6.07) is 6.42. The summed E-state index contributed by atoms with van der Waals surface area (Å²) in [5, 5.41) is 3.42. The molecule has 1 aromatic heterocycles. The molecule has 1 aliphatic heterocycles. The van der Waals surface area contributed by atoms with Crippen molar-refractivity contribution in [3.63, 3.8) is 0 Å². The minimum atomic E-state index is 0.163. The quantitative estimate of drug-likeness (QED) is 0.867. The number of anilines is 1. The number of nitrogens with one attached hydrogen (secondary N) is 1. The van der Waals surface area contributed by atoms with E-state index >= 15 is 0 Å². The molecule has 0 bridgehead atoms. The van der Waals surface area contributed by atoms with E-state index in [9.17, 15) is 0 Å². The Morgan fingerprint density at radius 3 is 2.65 bits per heavy atom. The lowest BCUT2D eigenvalue weighted by molar-refractivity contribution is 0.172. The molecule has 92 valence electrons. The molecule has 0 amide bonds. The van der Waals surface area contributed by atoms with Crippen LogP contribution in [0.1, 0.15) is 20.8 Å². The zero-order valence-corrected chi connectivity index (χ0v) is 10.9. The zero-order chi connectivity index (χ0) is 12.5. The van der Waals surface area contributed by atoms with Crippen molar-refractivity contribution in [3.05, 3.63) is 36.7 Å². The number of nitrogens with zero attached hydrogens (tertiary/aromatic N) is 2. The molecule has 0 aliphatic carbocycles. The normalized spacial score (nSPS) is 16.5. The van der Waals surface area contributed by atoms with E-state index in [1.165, 1.54) is 5.70 Å². The third kappa shape index (κ3) is 2.78. The van der Waals surface area contributed by atoms with Crippen LogP contribution in [0.5, 0.6) is 0 Å². The Labute approximate surface area is 104 Å². The number of rotatable bonds is 3. The molecule has 0 unspecified atom stereocenters. The monoisotopic (exact) mass is 231 g/mol. The van der Waals surface area contributed by atoms with Gasteiger partial charge in [-0.05, 0) is 12.1 Å². The molecule has 1 saturated heterocycles. The molecule has 1 aliphatic rings. The molecule has 0 saturated carbocycles. The molecule has 0 atom stereocenters. The summed E-state index contributed by atoms with van der Waals surface area (Å²) in [5.41, 5.74) is 1.38. The lowest BCUT2D eigenvalue weighted by atomic mass is 9.89. The Morgan fingerprint density at radius 2 is 2.12 bits per heavy atom. The van der Waals surface area contributed by atoms with Crippen molar-refractivity contribution in [2.24, 2.45) is 5.41 Å². The lowest BCUT2D eigenvalue weighted by Gasteiger charge is -2.46. The highest BCUT2D eigenvalue weighted by Gasteiger charge is 2.31. The van der Waals surface area contributed by atoms with Crippen molar-refractivity contribution in [1.29, 1.82) is 0 Å². The molecule has 1 N–H and O–H groups in total. The largest absolute Gasteiger partial charge is 0.371 e. The molecular weight excluding hydrogens is 210 g/mol. The summed E-state index contributed by atoms with van der Waals surface area (Å²) in [4.78, 5) is 6.60. The van der Waals surface area contributed by atoms with Gasteiger partial charge in [0, 0.05) is 30.4 Å². The Morgan fingerprint density at radius 1 is 1.41 bits per heavy atom. The van der Waals surface area contributed by atoms with Crippen molar-refractivity contribution in [1.82, 2.24) is 9.88 Å². The van der Waals surface area contributed by atoms with Gasteiger partial charge in [-0.1, -0.05) is 33.4 Å². The molecule has 3 nitrogen and oxygen atoms in total. The Kier molecular flexibility index (Phi) is 3.09. The summed E-state index contributed by atoms with van der Waals surface area (Å²) >= 11 is 0. The van der Waals surface area contributed by atoms with Gasteiger partial charge < -0.3 is 10.2 Å². The Balaban J connectivity index is 1.82. The molecule has 0 radical (unpaired) electrons. The average molecular weight is 231 g/mol. The van der Waals surface area contributed by atoms with E-state index in [4.69, 9.17) is 0 Å². The van der Waals surface area contributed by atoms with E-state index in [0.29, 0.717) is 6.04 Å². The molecular formula is C14H21N3. The second-order valence-corrected chi connectivity index (χ2v) is 5.66. The van der Waals surface area contributed by atoms with Gasteiger partial charge >= 0.3 is 0 Å². The van der Waals surface area contributed by atoms with Gasteiger partial charge in [-0.3, -0.25) is 0 Å². The topological polar surface area (TPSA) is 28.2 Å². The third-order valence-corrected chi connectivity index (χ3v) is 3.15. The van der Waals surface area contributed by atoms with Gasteiger partial charge in [0.1, 0.15) is 5.82 Å². The number of allylic oxidation sites excluding steroid dienone is 1. The van der Waals surface area contributed by atoms with Crippen LogP contribution >= 0.6 is 0 Å². The van der Waals surface area contributed by atoms with Crippen LogP contribution in [0.15, 0.2) is 36.7 Å². The maximum absolute atomic E-state index is 4.27. The molecule has 17 heavy (non-hydrogen) atoms. The highest BCUT2D eigenvalue weighted by atomic mass is 15.3. The van der Waals surface area contributed by atoms with Crippen LogP contribution in [0, 0.1) is 5.41 Å². The van der Waals surface area contributed by atoms with Crippen LogP contribution in [0.4, 0.5) is 5.82 Å². The highest BCUT2D eigenvalue weighted by Crippen LogP contribution is 2.30. The van der Waals surface area contributed by atoms with E-state index in [-0.39, 0.29) is 5.41 Å². The maximum atomic E-state index is 4.27. The van der Waals surface area contributed by atoms with Gasteiger partial charge in [0.05, 0.1) is 6.04 Å². The fourth-order valence-corrected chi connectivity index (χ4v) is 1.92. The van der Waals surface area contributed by atoms with Crippen LogP contribution in [-0.4, -0.2) is 29.0 Å². The molecule has 2 heterocycles. The number of hydrogen-bond acceptors (Lipinski definition) is 3. The van der Waals surface area contributed by atoms with Crippen LogP contribution in [0.2, 0.25) is 0 Å². The van der Waals surface area contributed by atoms with Crippen LogP contribution in [0.3, 0.4) is 0 Å². The van der Waals surface area contributed by atoms with Crippen molar-refractivity contribution < 1.29 is 0 Å². The van der Waals surface area contributed by atoms with Crippen LogP contribution in [-0.2, 0) is 0 Å². The maximum Gasteiger partial charge on any atom is 0.126 e. The minimum absolute atomic E-state index is 0.163. The fourth-order valence-electron chi connectivity index (χ4n) is 1.92. The van der Waals surface area contributed by atoms with Gasteiger partial charge in [-0.2, -0.15) is 0 Å². The van der Waals surface area contributed by atoms with Crippen molar-refractivity contribution in [2.75, 3.05) is 18.4 Å². The molecule has 1 aromatic rings. The first-order valence-electron chi connectivity index (χ1n) is 6.09. The van der Waals surface area contributed by atoms with Gasteiger partial charge in [0.2, 0.25) is 0 Å². The van der Waals surface area contributed by atoms with Gasteiger partial charge in [-0.25, -0.2) is 4.98 Å². The second kappa shape index (κ2) is 4.40. The zero-order valence-electron chi connectivity index (χ0n) is 10.9. The molecule has 2 rings (SSSR count). The first kappa shape index (κ1) is 12.0. The molecule has 0 aromatic carbocycles. The standard InChI is InChI=1S/C14H21N3/c1-11(14(2,3)4)17-9-12(10-17)16-13-7-5-6-8-15-13/h5-8,12H,1,9-10H2,2-4H3,(H,15,16). The van der Waals surface area contributed by atoms with E-state index in [2.05, 4.69) is 42.6 Å². The van der Waals surface area contributed by atoms with Crippen molar-refractivity contribution >= 4 is 5.82 Å². The third-order valence-electron chi connectivity index (χ3n) is 3.15. The van der Waals surface area contributed by atoms with E-state index in [0.717, 1.165) is 18.9 Å². The van der Waals surface area contributed by atoms with Crippen molar-refractivity contribution in [2.45, 2.75) is 26.8 Å². The van der Waals surface area contributed by atoms with Crippen molar-refractivity contribution in [3.8, 4) is 0 Å². The number of pyridine rings is 1. The SMILES string of the molecule is C=C(N1CC(Nc2ccccn2)C1)C(C)(C)C. The van der Waals surface area contributed by atoms with Gasteiger partial charge in [0.15, 0.2) is 0 Å². The summed E-state index contributed by atoms with van der Waals surface area (Å²) < 4.78 is 0. The predicted octanol–water partition coefficient (Wildman–Crippen LogP) is 2.74. The van der Waals surface area contributed by atoms with Crippen LogP contribution in [0.25, 0.3) is 0 Å². The Hall–Kier alpha value is -1.51. The number of likely N-dealkylation sites (tertiary alicyclic amines) is 1. The second-order valence-electron chi connectivity index (χ2n) is 5.66. The van der Waals surface area contributed by atoms with E-state index in [1.807, 2.05) is 24.4 Å². The van der Waals surface area contributed by atoms with Gasteiger partial charge in [-0.15, -0.1) is 0 Å². The fraction of sp³-hybridized carbons (Fsp3) is 0.500. The highest BCUT2D eigenvalue weighted by molar-refractivity contribution is 5.36. The first-order valence-corrected chi connectivity index (χ1v) is 6.09. The molecule has 0 spiro atoms. The molecule has 3 heteroatoms. The lowest BCUT2D eigenvalue weighted by Crippen LogP contribution is -2.55. The van der Waals surface area contributed by atoms with E-state index in [1.54, 1.807) is 0 Å². The molecule has 1 fully saturated rings. The summed E-state index contributed by atoms with van der Waals surface area (Å²) in [6.45, 7) is 12.8. The summed E-state index contributed by atoms with van der Waals surface area (Å²) in [7, 11) is 0. The van der Waals surface area contributed by atoms with Gasteiger partial charge in [0.25, 0.3) is 0 Å². The summed E-state index contributed by atoms with van der Waals surface area (Å²) in [5.74, 6) is 0.957. The van der Waals surface area contributed by atoms with Crippen LogP contribution < -0.4 is 5.32 Å². The summed E-state index contributed by atoms with van der Waals surface area (Å²) in [6.07, 6.45) is 1.81. The smallest absolute Gasteiger partial charge is 0.126 e.